The van der Waals surface area contributed by atoms with Crippen molar-refractivity contribution in [3.05, 3.63) is 52.6 Å². The first-order chi connectivity index (χ1) is 44.1. The number of likely N-dealkylation sites (tertiary alicyclic amines) is 3. The van der Waals surface area contributed by atoms with E-state index < -0.39 is 0 Å². The third-order valence-corrected chi connectivity index (χ3v) is 19.5. The van der Waals surface area contributed by atoms with Crippen molar-refractivity contribution in [2.45, 2.75) is 247 Å². The summed E-state index contributed by atoms with van der Waals surface area (Å²) in [5, 5.41) is 15.6. The number of benzene rings is 1. The van der Waals surface area contributed by atoms with Gasteiger partial charge in [-0.3, -0.25) is 14.8 Å². The van der Waals surface area contributed by atoms with Crippen molar-refractivity contribution >= 4 is 12.0 Å². The summed E-state index contributed by atoms with van der Waals surface area (Å²) in [5.74, 6) is 10.6. The second kappa shape index (κ2) is 49.7. The summed E-state index contributed by atoms with van der Waals surface area (Å²) < 4.78 is 10.5. The zero-order valence-electron chi connectivity index (χ0n) is 64.9. The number of morpholine rings is 1. The van der Waals surface area contributed by atoms with E-state index in [4.69, 9.17) is 14.6 Å². The van der Waals surface area contributed by atoms with Crippen LogP contribution in [0.25, 0.3) is 6.08 Å². The molecule has 0 radical (unpaired) electrons. The number of piperidine rings is 2. The Labute approximate surface area is 575 Å². The van der Waals surface area contributed by atoms with Crippen molar-refractivity contribution in [2.75, 3.05) is 145 Å². The highest BCUT2D eigenvalue weighted by atomic mass is 16.5. The number of aliphatic hydroxyl groups is 1. The lowest BCUT2D eigenvalue weighted by Gasteiger charge is -2.32. The largest absolute Gasteiger partial charge is 0.396 e. The summed E-state index contributed by atoms with van der Waals surface area (Å²) in [7, 11) is 2.21. The number of carbonyl (C=O) groups is 1. The van der Waals surface area contributed by atoms with Gasteiger partial charge in [-0.1, -0.05) is 168 Å². The fraction of sp³-hybridized carbons (Fsp3) is 0.863. The van der Waals surface area contributed by atoms with Gasteiger partial charge < -0.3 is 39.1 Å². The van der Waals surface area contributed by atoms with Crippen LogP contribution in [-0.4, -0.2) is 200 Å². The van der Waals surface area contributed by atoms with Gasteiger partial charge in [-0.05, 0) is 218 Å². The highest BCUT2D eigenvalue weighted by Gasteiger charge is 2.44. The summed E-state index contributed by atoms with van der Waals surface area (Å²) in [6, 6.07) is 6.81. The molecule has 10 rings (SSSR count). The maximum Gasteiger partial charge on any atom is 0.222 e. The zero-order chi connectivity index (χ0) is 69.3. The fourth-order valence-electron chi connectivity index (χ4n) is 12.5. The van der Waals surface area contributed by atoms with Crippen LogP contribution >= 0.6 is 0 Å². The molecule has 7 heterocycles. The Hall–Kier alpha value is -2.75. The van der Waals surface area contributed by atoms with E-state index in [0.29, 0.717) is 41.6 Å². The molecule has 542 valence electrons. The number of likely N-dealkylation sites (N-methyl/N-ethyl adjacent to an activating group) is 1. The Morgan fingerprint density at radius 2 is 1.16 bits per heavy atom. The molecule has 1 saturated carbocycles. The number of ether oxygens (including phenoxy) is 2. The van der Waals surface area contributed by atoms with E-state index in [1.54, 1.807) is 0 Å². The maximum absolute atomic E-state index is 11.0. The van der Waals surface area contributed by atoms with Crippen LogP contribution in [0.15, 0.2) is 24.3 Å². The summed E-state index contributed by atoms with van der Waals surface area (Å²) in [5.41, 5.74) is 4.68. The van der Waals surface area contributed by atoms with E-state index in [0.717, 1.165) is 125 Å². The highest BCUT2D eigenvalue weighted by molar-refractivity contribution is 5.78. The Bertz CT molecular complexity index is 2130. The van der Waals surface area contributed by atoms with Crippen LogP contribution in [0.5, 0.6) is 0 Å². The lowest BCUT2D eigenvalue weighted by atomic mass is 9.89. The summed E-state index contributed by atoms with van der Waals surface area (Å²) in [6.45, 7) is 68.5. The third kappa shape index (κ3) is 41.3. The SMILES string of the molecule is CC(C)C1(CO)CC1.CC(C)C1CCOCC1.CC(C)CCCN1CCCCC1.CC(C)CCN1CCN(C)CC1.CC(C)CN1CCC(C)CC1.CC(C)CN1CCCC1=O.CC(C)CN1CCOCC1.CC(C)c1ccc2c(c1)C=CC2.Cc1nc(C(C)C)n[nH]1. The number of aryl methyl sites for hydroxylation is 1. The van der Waals surface area contributed by atoms with E-state index in [2.05, 4.69) is 209 Å². The lowest BCUT2D eigenvalue weighted by molar-refractivity contribution is -0.128. The summed E-state index contributed by atoms with van der Waals surface area (Å²) >= 11 is 0. The number of aromatic nitrogens is 3. The molecule has 0 atom stereocenters. The molecule has 7 fully saturated rings. The van der Waals surface area contributed by atoms with Crippen LogP contribution in [0.3, 0.4) is 0 Å². The van der Waals surface area contributed by atoms with Crippen LogP contribution in [0.4, 0.5) is 0 Å². The zero-order valence-corrected chi connectivity index (χ0v) is 64.9. The Kier molecular flexibility index (Phi) is 46.1. The van der Waals surface area contributed by atoms with E-state index in [9.17, 15) is 4.79 Å². The van der Waals surface area contributed by atoms with E-state index in [1.165, 1.54) is 172 Å². The molecule has 1 aromatic carbocycles. The van der Waals surface area contributed by atoms with E-state index in [1.807, 2.05) is 11.8 Å². The van der Waals surface area contributed by atoms with Crippen LogP contribution in [0, 0.1) is 65.6 Å². The third-order valence-electron chi connectivity index (χ3n) is 19.5. The van der Waals surface area contributed by atoms with Gasteiger partial charge in [0.1, 0.15) is 5.82 Å². The number of aliphatic hydroxyl groups excluding tert-OH is 1. The Balaban J connectivity index is 0.000000357. The average Bonchev–Trinajstić information content (AvgIpc) is 1.69. The number of carbonyl (C=O) groups excluding carboxylic acids is 1. The van der Waals surface area contributed by atoms with E-state index in [-0.39, 0.29) is 0 Å². The molecule has 13 nitrogen and oxygen atoms in total. The van der Waals surface area contributed by atoms with Crippen molar-refractivity contribution in [1.82, 2.24) is 44.6 Å². The number of nitrogens with zero attached hydrogens (tertiary/aromatic N) is 8. The molecule has 13 heteroatoms. The molecule has 2 N–H and O–H groups in total. The van der Waals surface area contributed by atoms with E-state index >= 15 is 0 Å². The van der Waals surface area contributed by atoms with Gasteiger partial charge in [0.2, 0.25) is 5.91 Å². The molecule has 2 aliphatic carbocycles. The monoisotopic (exact) mass is 1300 g/mol. The first-order valence-electron chi connectivity index (χ1n) is 38.4. The minimum Gasteiger partial charge on any atom is -0.396 e. The minimum absolute atomic E-state index is 0.341. The van der Waals surface area contributed by atoms with Gasteiger partial charge in [-0.2, -0.15) is 5.10 Å². The van der Waals surface area contributed by atoms with Gasteiger partial charge in [0.25, 0.3) is 0 Å². The van der Waals surface area contributed by atoms with Gasteiger partial charge in [-0.25, -0.2) is 4.98 Å². The second-order valence-corrected chi connectivity index (χ2v) is 32.3. The van der Waals surface area contributed by atoms with Gasteiger partial charge >= 0.3 is 0 Å². The average molecular weight is 1310 g/mol. The molecule has 8 aliphatic rings. The first kappa shape index (κ1) is 86.3. The molecular formula is C80H153N9O4. The molecule has 1 aromatic heterocycles. The standard InChI is InChI=1S/C12H14.C11H23N.C10H22N2.C10H21N.C8H17NO.C8H15NO.C8H16O.C7H14O.C6H11N3/c1-9(2)11-7-6-10-4-3-5-12(10)8-11;1-11(2)7-6-10-12-8-4-3-5-9-12;1-10(2)4-5-12-8-6-11(3)7-9-12;1-9(2)8-11-6-4-10(3)5-7-11;1-8(2)7-9-3-5-10-6-4-9;1-7(2)6-9-5-3-4-8(9)10;1-7(2)8-3-5-9-6-4-8;1-6(2)7(5-8)3-4-7;1-4(2)6-7-5(3)8-9-6/h3,5-9H,4H2,1-2H3;11H,3-10H2,1-2H3;10H,4-9H2,1-3H3;9-10H,4-8H2,1-3H3;8H,3-7H2,1-2H3;7H,3-6H2,1-2H3;7-8H,3-6H2,1-2H3;6,8H,3-5H2,1-2H3;4H,1-3H3,(H,7,8,9). The molecule has 0 bridgehead atoms. The van der Waals surface area contributed by atoms with Crippen LogP contribution in [-0.2, 0) is 20.7 Å². The quantitative estimate of drug-likeness (QED) is 0.149. The number of aromatic amines is 1. The summed E-state index contributed by atoms with van der Waals surface area (Å²) in [4.78, 5) is 29.8. The lowest BCUT2D eigenvalue weighted by Crippen LogP contribution is -2.44. The van der Waals surface area contributed by atoms with Gasteiger partial charge in [0, 0.05) is 97.6 Å². The van der Waals surface area contributed by atoms with Gasteiger partial charge in [0.05, 0.1) is 13.2 Å². The number of fused-ring (bicyclic) bond motifs is 1. The molecule has 2 aromatic rings. The molecule has 0 spiro atoms. The number of allylic oxidation sites excluding steroid dienone is 1. The fourth-order valence-corrected chi connectivity index (χ4v) is 12.5. The number of amides is 1. The van der Waals surface area contributed by atoms with Crippen LogP contribution < -0.4 is 0 Å². The molecule has 0 unspecified atom stereocenters. The number of piperazine rings is 1. The molecular weight excluding hydrogens is 1150 g/mol. The van der Waals surface area contributed by atoms with Crippen molar-refractivity contribution < 1.29 is 19.4 Å². The Morgan fingerprint density at radius 1 is 0.602 bits per heavy atom. The summed E-state index contributed by atoms with van der Waals surface area (Å²) in [6.07, 6.45) is 23.7. The molecule has 6 aliphatic heterocycles. The normalized spacial score (nSPS) is 19.7. The molecule has 93 heavy (non-hydrogen) atoms. The van der Waals surface area contributed by atoms with Crippen LogP contribution in [0.1, 0.15) is 262 Å². The molecule has 1 amide bonds. The Morgan fingerprint density at radius 3 is 1.59 bits per heavy atom. The molecule has 6 saturated heterocycles. The number of hydrogen-bond donors (Lipinski definition) is 2. The van der Waals surface area contributed by atoms with Crippen molar-refractivity contribution in [2.24, 2.45) is 58.7 Å². The predicted octanol–water partition coefficient (Wildman–Crippen LogP) is 16.9. The highest BCUT2D eigenvalue weighted by Crippen LogP contribution is 2.51. The van der Waals surface area contributed by atoms with Crippen molar-refractivity contribution in [1.29, 1.82) is 0 Å². The van der Waals surface area contributed by atoms with Gasteiger partial charge in [0.15, 0.2) is 5.82 Å². The number of nitrogens with one attached hydrogen (secondary N) is 1. The number of H-pyrrole nitrogens is 1. The topological polar surface area (TPSA) is 117 Å². The van der Waals surface area contributed by atoms with Crippen molar-refractivity contribution in [3.63, 3.8) is 0 Å². The number of hydrogen-bond acceptors (Lipinski definition) is 11. The minimum atomic E-state index is 0.341. The maximum atomic E-state index is 11.0. The smallest absolute Gasteiger partial charge is 0.222 e. The second-order valence-electron chi connectivity index (χ2n) is 32.3. The first-order valence-corrected chi connectivity index (χ1v) is 38.4. The van der Waals surface area contributed by atoms with Crippen molar-refractivity contribution in [3.8, 4) is 0 Å². The predicted molar refractivity (Wildman–Crippen MR) is 401 cm³/mol. The number of rotatable bonds is 18. The van der Waals surface area contributed by atoms with Crippen LogP contribution in [0.2, 0.25) is 0 Å². The van der Waals surface area contributed by atoms with Gasteiger partial charge in [-0.15, -0.1) is 0 Å².